The van der Waals surface area contributed by atoms with Gasteiger partial charge in [0.05, 0.1) is 0 Å². The van der Waals surface area contributed by atoms with E-state index in [2.05, 4.69) is 11.9 Å². The van der Waals surface area contributed by atoms with Crippen molar-refractivity contribution in [3.8, 4) is 0 Å². The van der Waals surface area contributed by atoms with Gasteiger partial charge in [-0.2, -0.15) is 0 Å². The van der Waals surface area contributed by atoms with Crippen molar-refractivity contribution in [2.24, 2.45) is 5.92 Å². The average molecular weight is 305 g/mol. The van der Waals surface area contributed by atoms with Crippen molar-refractivity contribution < 1.29 is 9.50 Å². The second kappa shape index (κ2) is 7.05. The van der Waals surface area contributed by atoms with Crippen molar-refractivity contribution in [3.63, 3.8) is 0 Å². The number of rotatable bonds is 6. The van der Waals surface area contributed by atoms with Gasteiger partial charge in [0.1, 0.15) is 11.4 Å². The summed E-state index contributed by atoms with van der Waals surface area (Å²) in [5, 5.41) is 11.1. The standard InChI is InChI=1S/C17H20FNOS/c1-3-13(2)17(20,14-5-4-10-19-11-14)12-21-16-8-6-15(18)7-9-16/h4-11,13,20H,3,12H2,1-2H3. The summed E-state index contributed by atoms with van der Waals surface area (Å²) in [6.45, 7) is 4.10. The maximum Gasteiger partial charge on any atom is 0.123 e. The summed E-state index contributed by atoms with van der Waals surface area (Å²) < 4.78 is 12.9. The molecule has 0 radical (unpaired) electrons. The number of aliphatic hydroxyl groups is 1. The van der Waals surface area contributed by atoms with Gasteiger partial charge in [-0.15, -0.1) is 11.8 Å². The first kappa shape index (κ1) is 16.0. The molecule has 0 saturated heterocycles. The molecule has 1 aromatic carbocycles. The second-order valence-corrected chi connectivity index (χ2v) is 6.27. The first-order chi connectivity index (χ1) is 10.1. The summed E-state index contributed by atoms with van der Waals surface area (Å²) in [4.78, 5) is 5.06. The summed E-state index contributed by atoms with van der Waals surface area (Å²) in [5.41, 5.74) is -0.115. The zero-order valence-corrected chi connectivity index (χ0v) is 13.1. The molecule has 0 aliphatic heterocycles. The van der Waals surface area contributed by atoms with Crippen molar-refractivity contribution >= 4 is 11.8 Å². The Morgan fingerprint density at radius 2 is 2.00 bits per heavy atom. The van der Waals surface area contributed by atoms with Crippen molar-refractivity contribution in [2.75, 3.05) is 5.75 Å². The third-order valence-electron chi connectivity index (χ3n) is 3.86. The largest absolute Gasteiger partial charge is 0.384 e. The molecule has 0 spiro atoms. The molecule has 2 nitrogen and oxygen atoms in total. The van der Waals surface area contributed by atoms with Gasteiger partial charge in [0, 0.05) is 28.6 Å². The molecule has 0 bridgehead atoms. The van der Waals surface area contributed by atoms with Crippen molar-refractivity contribution in [2.45, 2.75) is 30.8 Å². The molecule has 21 heavy (non-hydrogen) atoms. The Hall–Kier alpha value is -1.39. The van der Waals surface area contributed by atoms with Gasteiger partial charge in [0.2, 0.25) is 0 Å². The van der Waals surface area contributed by atoms with Crippen LogP contribution in [0.25, 0.3) is 0 Å². The Kier molecular flexibility index (Phi) is 5.37. The molecule has 1 heterocycles. The molecule has 112 valence electrons. The number of halogens is 1. The maximum absolute atomic E-state index is 12.9. The molecule has 4 heteroatoms. The summed E-state index contributed by atoms with van der Waals surface area (Å²) in [5.74, 6) is 0.373. The van der Waals surface area contributed by atoms with Crippen LogP contribution in [0.3, 0.4) is 0 Å². The molecular weight excluding hydrogens is 285 g/mol. The number of aromatic nitrogens is 1. The lowest BCUT2D eigenvalue weighted by atomic mass is 9.83. The smallest absolute Gasteiger partial charge is 0.123 e. The highest BCUT2D eigenvalue weighted by atomic mass is 32.2. The fourth-order valence-corrected chi connectivity index (χ4v) is 3.36. The Morgan fingerprint density at radius 1 is 1.29 bits per heavy atom. The predicted molar refractivity (Wildman–Crippen MR) is 84.7 cm³/mol. The molecule has 1 aromatic heterocycles. The van der Waals surface area contributed by atoms with Gasteiger partial charge in [0.15, 0.2) is 0 Å². The first-order valence-electron chi connectivity index (χ1n) is 7.07. The van der Waals surface area contributed by atoms with Gasteiger partial charge in [0.25, 0.3) is 0 Å². The van der Waals surface area contributed by atoms with Crippen LogP contribution in [0.4, 0.5) is 4.39 Å². The van der Waals surface area contributed by atoms with Crippen LogP contribution in [-0.2, 0) is 5.60 Å². The quantitative estimate of drug-likeness (QED) is 0.810. The van der Waals surface area contributed by atoms with Crippen LogP contribution in [0, 0.1) is 11.7 Å². The monoisotopic (exact) mass is 305 g/mol. The van der Waals surface area contributed by atoms with Gasteiger partial charge in [-0.05, 0) is 36.2 Å². The van der Waals surface area contributed by atoms with E-state index in [4.69, 9.17) is 0 Å². The maximum atomic E-state index is 12.9. The topological polar surface area (TPSA) is 33.1 Å². The van der Waals surface area contributed by atoms with E-state index in [1.54, 1.807) is 24.5 Å². The van der Waals surface area contributed by atoms with Gasteiger partial charge in [-0.25, -0.2) is 4.39 Å². The Labute approximate surface area is 129 Å². The highest BCUT2D eigenvalue weighted by molar-refractivity contribution is 7.99. The average Bonchev–Trinajstić information content (AvgIpc) is 2.54. The van der Waals surface area contributed by atoms with E-state index in [0.29, 0.717) is 5.75 Å². The summed E-state index contributed by atoms with van der Waals surface area (Å²) in [7, 11) is 0. The van der Waals surface area contributed by atoms with Crippen LogP contribution >= 0.6 is 11.8 Å². The van der Waals surface area contributed by atoms with Gasteiger partial charge < -0.3 is 5.11 Å². The van der Waals surface area contributed by atoms with Crippen LogP contribution in [-0.4, -0.2) is 15.8 Å². The normalized spacial score (nSPS) is 15.4. The van der Waals surface area contributed by atoms with Crippen molar-refractivity contribution in [3.05, 3.63) is 60.2 Å². The number of hydrogen-bond acceptors (Lipinski definition) is 3. The van der Waals surface area contributed by atoms with Crippen molar-refractivity contribution in [1.29, 1.82) is 0 Å². The van der Waals surface area contributed by atoms with E-state index in [-0.39, 0.29) is 11.7 Å². The Bertz CT molecular complexity index is 561. The SMILES string of the molecule is CCC(C)C(O)(CSc1ccc(F)cc1)c1cccnc1. The molecule has 0 aliphatic carbocycles. The molecular formula is C17H20FNOS. The minimum Gasteiger partial charge on any atom is -0.384 e. The van der Waals surface area contributed by atoms with Gasteiger partial charge in [-0.1, -0.05) is 26.3 Å². The lowest BCUT2D eigenvalue weighted by molar-refractivity contribution is 0.00473. The minimum absolute atomic E-state index is 0.106. The summed E-state index contributed by atoms with van der Waals surface area (Å²) in [6.07, 6.45) is 4.29. The van der Waals surface area contributed by atoms with Crippen LogP contribution < -0.4 is 0 Å². The van der Waals surface area contributed by atoms with Gasteiger partial charge >= 0.3 is 0 Å². The lowest BCUT2D eigenvalue weighted by Gasteiger charge is -2.33. The predicted octanol–water partition coefficient (Wildman–Crippen LogP) is 4.25. The second-order valence-electron chi connectivity index (χ2n) is 5.22. The number of thioether (sulfide) groups is 1. The zero-order valence-electron chi connectivity index (χ0n) is 12.3. The summed E-state index contributed by atoms with van der Waals surface area (Å²) in [6, 6.07) is 10.1. The number of pyridine rings is 1. The van der Waals surface area contributed by atoms with Crippen molar-refractivity contribution in [1.82, 2.24) is 4.98 Å². The molecule has 1 N–H and O–H groups in total. The number of benzene rings is 1. The minimum atomic E-state index is -0.942. The van der Waals surface area contributed by atoms with Crippen LogP contribution in [0.2, 0.25) is 0 Å². The molecule has 2 unspecified atom stereocenters. The van der Waals surface area contributed by atoms with E-state index in [0.717, 1.165) is 16.9 Å². The molecule has 0 saturated carbocycles. The third kappa shape index (κ3) is 3.83. The zero-order chi connectivity index (χ0) is 15.3. The highest BCUT2D eigenvalue weighted by Gasteiger charge is 2.35. The third-order valence-corrected chi connectivity index (χ3v) is 5.05. The molecule has 2 atom stereocenters. The van der Waals surface area contributed by atoms with E-state index in [9.17, 15) is 9.50 Å². The molecule has 0 aliphatic rings. The van der Waals surface area contributed by atoms with E-state index in [1.807, 2.05) is 19.1 Å². The number of hydrogen-bond donors (Lipinski definition) is 1. The van der Waals surface area contributed by atoms with Crippen LogP contribution in [0.15, 0.2) is 53.7 Å². The number of nitrogens with zero attached hydrogens (tertiary/aromatic N) is 1. The van der Waals surface area contributed by atoms with E-state index >= 15 is 0 Å². The fraction of sp³-hybridized carbons (Fsp3) is 0.353. The lowest BCUT2D eigenvalue weighted by Crippen LogP contribution is -2.36. The van der Waals surface area contributed by atoms with Crippen LogP contribution in [0.5, 0.6) is 0 Å². The summed E-state index contributed by atoms with van der Waals surface area (Å²) >= 11 is 1.53. The van der Waals surface area contributed by atoms with Crippen LogP contribution in [0.1, 0.15) is 25.8 Å². The van der Waals surface area contributed by atoms with E-state index < -0.39 is 5.60 Å². The highest BCUT2D eigenvalue weighted by Crippen LogP contribution is 2.36. The first-order valence-corrected chi connectivity index (χ1v) is 8.06. The van der Waals surface area contributed by atoms with Gasteiger partial charge in [-0.3, -0.25) is 4.98 Å². The molecule has 0 fully saturated rings. The fourth-order valence-electron chi connectivity index (χ4n) is 2.19. The molecule has 2 rings (SSSR count). The molecule has 2 aromatic rings. The molecule has 0 amide bonds. The Balaban J connectivity index is 2.19. The van der Waals surface area contributed by atoms with E-state index in [1.165, 1.54) is 23.9 Å². The Morgan fingerprint density at radius 3 is 2.57 bits per heavy atom.